The molecule has 0 saturated carbocycles. The minimum atomic E-state index is 0.862. The van der Waals surface area contributed by atoms with Crippen LogP contribution in [0.25, 0.3) is 11.3 Å². The summed E-state index contributed by atoms with van der Waals surface area (Å²) >= 11 is 0. The van der Waals surface area contributed by atoms with E-state index in [0.717, 1.165) is 23.4 Å². The second kappa shape index (κ2) is 7.63. The number of aromatic nitrogens is 2. The highest BCUT2D eigenvalue weighted by atomic mass is 16.5. The molecule has 1 aromatic heterocycles. The summed E-state index contributed by atoms with van der Waals surface area (Å²) in [6.07, 6.45) is 9.55. The Labute approximate surface area is 121 Å². The molecule has 0 N–H and O–H groups in total. The van der Waals surface area contributed by atoms with Crippen LogP contribution in [0.5, 0.6) is 5.75 Å². The number of para-hydroxylation sites is 1. The summed E-state index contributed by atoms with van der Waals surface area (Å²) < 4.78 is 5.44. The Balaban J connectivity index is 2.23. The first kappa shape index (κ1) is 14.5. The summed E-state index contributed by atoms with van der Waals surface area (Å²) in [6, 6.07) is 8.01. The van der Waals surface area contributed by atoms with Crippen LogP contribution in [-0.2, 0) is 6.42 Å². The third kappa shape index (κ3) is 3.56. The van der Waals surface area contributed by atoms with Crippen LogP contribution in [0.2, 0.25) is 0 Å². The van der Waals surface area contributed by atoms with Gasteiger partial charge in [-0.2, -0.15) is 0 Å². The van der Waals surface area contributed by atoms with Crippen LogP contribution >= 0.6 is 0 Å². The van der Waals surface area contributed by atoms with Crippen LogP contribution in [0.3, 0.4) is 0 Å². The summed E-state index contributed by atoms with van der Waals surface area (Å²) in [5, 5.41) is 0. The lowest BCUT2D eigenvalue weighted by molar-refractivity contribution is 0.416. The number of ether oxygens (including phenoxy) is 1. The van der Waals surface area contributed by atoms with E-state index >= 15 is 0 Å². The summed E-state index contributed by atoms with van der Waals surface area (Å²) in [5.74, 6) is 0.862. The maximum absolute atomic E-state index is 5.44. The second-order valence-corrected chi connectivity index (χ2v) is 4.91. The van der Waals surface area contributed by atoms with Gasteiger partial charge in [0, 0.05) is 11.8 Å². The molecular weight excluding hydrogens is 248 g/mol. The van der Waals surface area contributed by atoms with Crippen molar-refractivity contribution in [3.63, 3.8) is 0 Å². The van der Waals surface area contributed by atoms with E-state index in [1.165, 1.54) is 31.2 Å². The van der Waals surface area contributed by atoms with Crippen LogP contribution in [0.15, 0.2) is 36.8 Å². The van der Waals surface area contributed by atoms with Crippen LogP contribution in [0, 0.1) is 0 Å². The van der Waals surface area contributed by atoms with Gasteiger partial charge in [0.15, 0.2) is 0 Å². The Kier molecular flexibility index (Phi) is 5.54. The van der Waals surface area contributed by atoms with Crippen LogP contribution in [0.4, 0.5) is 0 Å². The molecule has 1 aromatic carbocycles. The summed E-state index contributed by atoms with van der Waals surface area (Å²) in [4.78, 5) is 8.64. The quantitative estimate of drug-likeness (QED) is 0.704. The number of nitrogens with zero attached hydrogens (tertiary/aromatic N) is 2. The normalized spacial score (nSPS) is 10.5. The highest BCUT2D eigenvalue weighted by molar-refractivity contribution is 5.69. The van der Waals surface area contributed by atoms with Crippen LogP contribution in [0.1, 0.15) is 38.2 Å². The van der Waals surface area contributed by atoms with Crippen LogP contribution in [-0.4, -0.2) is 17.1 Å². The fourth-order valence-electron chi connectivity index (χ4n) is 2.37. The molecule has 0 saturated heterocycles. The third-order valence-corrected chi connectivity index (χ3v) is 3.45. The summed E-state index contributed by atoms with van der Waals surface area (Å²) in [6.45, 7) is 2.23. The van der Waals surface area contributed by atoms with Crippen molar-refractivity contribution in [1.82, 2.24) is 9.97 Å². The number of rotatable bonds is 7. The van der Waals surface area contributed by atoms with E-state index in [0.29, 0.717) is 0 Å². The number of hydrogen-bond acceptors (Lipinski definition) is 3. The minimum Gasteiger partial charge on any atom is -0.496 e. The lowest BCUT2D eigenvalue weighted by Crippen LogP contribution is -1.97. The predicted octanol–water partition coefficient (Wildman–Crippen LogP) is 4.28. The Morgan fingerprint density at radius 1 is 1.10 bits per heavy atom. The van der Waals surface area contributed by atoms with Crippen molar-refractivity contribution >= 4 is 0 Å². The molecule has 0 fully saturated rings. The van der Waals surface area contributed by atoms with Gasteiger partial charge in [-0.05, 0) is 30.5 Å². The maximum atomic E-state index is 5.44. The Morgan fingerprint density at radius 3 is 2.75 bits per heavy atom. The number of unbranched alkanes of at least 4 members (excludes halogenated alkanes) is 3. The zero-order valence-electron chi connectivity index (χ0n) is 12.3. The zero-order chi connectivity index (χ0) is 14.2. The zero-order valence-corrected chi connectivity index (χ0v) is 12.3. The predicted molar refractivity (Wildman–Crippen MR) is 81.9 cm³/mol. The highest BCUT2D eigenvalue weighted by Gasteiger charge is 2.11. The van der Waals surface area contributed by atoms with Crippen molar-refractivity contribution in [3.05, 3.63) is 42.4 Å². The largest absolute Gasteiger partial charge is 0.496 e. The number of benzene rings is 1. The first-order valence-corrected chi connectivity index (χ1v) is 7.29. The van der Waals surface area contributed by atoms with Gasteiger partial charge < -0.3 is 4.74 Å². The molecule has 3 nitrogen and oxygen atoms in total. The first-order valence-electron chi connectivity index (χ1n) is 7.29. The molecule has 2 aromatic rings. The van der Waals surface area contributed by atoms with Gasteiger partial charge in [0.05, 0.1) is 12.8 Å². The van der Waals surface area contributed by atoms with E-state index in [2.05, 4.69) is 23.0 Å². The Bertz CT molecular complexity index is 540. The van der Waals surface area contributed by atoms with Gasteiger partial charge in [-0.25, -0.2) is 9.97 Å². The number of methoxy groups -OCH3 is 1. The second-order valence-electron chi connectivity index (χ2n) is 4.91. The fourth-order valence-corrected chi connectivity index (χ4v) is 2.37. The van der Waals surface area contributed by atoms with Crippen molar-refractivity contribution in [2.45, 2.75) is 39.0 Å². The fraction of sp³-hybridized carbons (Fsp3) is 0.412. The van der Waals surface area contributed by atoms with E-state index < -0.39 is 0 Å². The van der Waals surface area contributed by atoms with Gasteiger partial charge in [-0.3, -0.25) is 0 Å². The van der Waals surface area contributed by atoms with Crippen LogP contribution < -0.4 is 4.74 Å². The molecule has 0 atom stereocenters. The average Bonchev–Trinajstić information content (AvgIpc) is 2.52. The molecule has 106 valence electrons. The van der Waals surface area contributed by atoms with Gasteiger partial charge in [-0.15, -0.1) is 0 Å². The molecule has 1 heterocycles. The molecule has 20 heavy (non-hydrogen) atoms. The van der Waals surface area contributed by atoms with E-state index in [1.54, 1.807) is 13.4 Å². The topological polar surface area (TPSA) is 35.0 Å². The molecule has 0 spiro atoms. The Morgan fingerprint density at radius 2 is 1.95 bits per heavy atom. The van der Waals surface area contributed by atoms with Crippen molar-refractivity contribution in [2.75, 3.05) is 7.11 Å². The van der Waals surface area contributed by atoms with Gasteiger partial charge >= 0.3 is 0 Å². The number of aryl methyl sites for hydroxylation is 1. The standard InChI is InChI=1S/C17H22N2O/c1-3-4-5-6-9-14-12-18-13-19-17(14)15-10-7-8-11-16(15)20-2/h7-8,10-13H,3-6,9H2,1-2H3. The molecule has 0 unspecified atom stereocenters. The average molecular weight is 270 g/mol. The minimum absolute atomic E-state index is 0.862. The molecule has 3 heteroatoms. The SMILES string of the molecule is CCCCCCc1cncnc1-c1ccccc1OC. The molecular formula is C17H22N2O. The molecule has 0 radical (unpaired) electrons. The van der Waals surface area contributed by atoms with Crippen molar-refractivity contribution in [3.8, 4) is 17.0 Å². The monoisotopic (exact) mass is 270 g/mol. The third-order valence-electron chi connectivity index (χ3n) is 3.45. The van der Waals surface area contributed by atoms with E-state index in [4.69, 9.17) is 4.74 Å². The molecule has 0 bridgehead atoms. The van der Waals surface area contributed by atoms with E-state index in [-0.39, 0.29) is 0 Å². The van der Waals surface area contributed by atoms with E-state index in [9.17, 15) is 0 Å². The van der Waals surface area contributed by atoms with Gasteiger partial charge in [0.1, 0.15) is 12.1 Å². The lowest BCUT2D eigenvalue weighted by atomic mass is 10.0. The maximum Gasteiger partial charge on any atom is 0.128 e. The summed E-state index contributed by atoms with van der Waals surface area (Å²) in [7, 11) is 1.70. The van der Waals surface area contributed by atoms with Crippen molar-refractivity contribution in [1.29, 1.82) is 0 Å². The molecule has 0 aliphatic rings. The van der Waals surface area contributed by atoms with Gasteiger partial charge in [0.2, 0.25) is 0 Å². The summed E-state index contributed by atoms with van der Waals surface area (Å²) in [5.41, 5.74) is 3.24. The highest BCUT2D eigenvalue weighted by Crippen LogP contribution is 2.30. The lowest BCUT2D eigenvalue weighted by Gasteiger charge is -2.11. The molecule has 0 aliphatic carbocycles. The molecule has 0 aliphatic heterocycles. The van der Waals surface area contributed by atoms with Gasteiger partial charge in [-0.1, -0.05) is 38.3 Å². The van der Waals surface area contributed by atoms with Crippen molar-refractivity contribution in [2.24, 2.45) is 0 Å². The molecule has 2 rings (SSSR count). The van der Waals surface area contributed by atoms with Gasteiger partial charge in [0.25, 0.3) is 0 Å². The Hall–Kier alpha value is -1.90. The first-order chi connectivity index (χ1) is 9.86. The van der Waals surface area contributed by atoms with Crippen molar-refractivity contribution < 1.29 is 4.74 Å². The number of hydrogen-bond donors (Lipinski definition) is 0. The molecule has 0 amide bonds. The van der Waals surface area contributed by atoms with E-state index in [1.807, 2.05) is 24.4 Å². The smallest absolute Gasteiger partial charge is 0.128 e.